The van der Waals surface area contributed by atoms with Gasteiger partial charge in [0.1, 0.15) is 4.88 Å². The number of thiophene rings is 1. The molecule has 0 saturated heterocycles. The number of carbonyl (C=O) groups is 2. The topological polar surface area (TPSA) is 78.4 Å². The Hall–Kier alpha value is -2.05. The minimum atomic E-state index is -1.08. The van der Waals surface area contributed by atoms with Gasteiger partial charge in [-0.2, -0.15) is 0 Å². The SMILES string of the molecule is CC(C)(C)NC(=O)Nc1c(-c2ccc(Cl)cc2)csc1C(=O)O. The van der Waals surface area contributed by atoms with Crippen LogP contribution in [0.1, 0.15) is 30.4 Å². The van der Waals surface area contributed by atoms with Crippen LogP contribution < -0.4 is 10.6 Å². The summed E-state index contributed by atoms with van der Waals surface area (Å²) in [6.45, 7) is 5.54. The highest BCUT2D eigenvalue weighted by Gasteiger charge is 2.22. The van der Waals surface area contributed by atoms with Gasteiger partial charge in [-0.15, -0.1) is 11.3 Å². The molecule has 7 heteroatoms. The molecule has 0 radical (unpaired) electrons. The number of halogens is 1. The maximum Gasteiger partial charge on any atom is 0.348 e. The summed E-state index contributed by atoms with van der Waals surface area (Å²) in [6, 6.07) is 6.54. The zero-order valence-electron chi connectivity index (χ0n) is 12.9. The van der Waals surface area contributed by atoms with Crippen LogP contribution in [0.15, 0.2) is 29.6 Å². The molecule has 2 aromatic rings. The fourth-order valence-corrected chi connectivity index (χ4v) is 2.96. The van der Waals surface area contributed by atoms with Crippen LogP contribution in [0, 0.1) is 0 Å². The Morgan fingerprint density at radius 2 is 1.78 bits per heavy atom. The van der Waals surface area contributed by atoms with E-state index in [0.29, 0.717) is 10.6 Å². The molecule has 0 saturated carbocycles. The molecule has 2 rings (SSSR count). The third-order valence-corrected chi connectivity index (χ3v) is 4.09. The summed E-state index contributed by atoms with van der Waals surface area (Å²) in [6.07, 6.45) is 0. The summed E-state index contributed by atoms with van der Waals surface area (Å²) in [5.41, 5.74) is 1.29. The molecule has 122 valence electrons. The number of amides is 2. The van der Waals surface area contributed by atoms with Crippen LogP contribution in [0.5, 0.6) is 0 Å². The van der Waals surface area contributed by atoms with Crippen LogP contribution in [-0.2, 0) is 0 Å². The average molecular weight is 353 g/mol. The van der Waals surface area contributed by atoms with Crippen molar-refractivity contribution in [2.75, 3.05) is 5.32 Å². The average Bonchev–Trinajstić information content (AvgIpc) is 2.81. The number of hydrogen-bond donors (Lipinski definition) is 3. The lowest BCUT2D eigenvalue weighted by atomic mass is 10.1. The van der Waals surface area contributed by atoms with Crippen molar-refractivity contribution in [2.45, 2.75) is 26.3 Å². The van der Waals surface area contributed by atoms with E-state index in [0.717, 1.165) is 16.9 Å². The summed E-state index contributed by atoms with van der Waals surface area (Å²) in [5, 5.41) is 17.0. The number of aromatic carboxylic acids is 1. The van der Waals surface area contributed by atoms with Gasteiger partial charge in [-0.05, 0) is 38.5 Å². The van der Waals surface area contributed by atoms with Crippen LogP contribution >= 0.6 is 22.9 Å². The zero-order valence-corrected chi connectivity index (χ0v) is 14.5. The van der Waals surface area contributed by atoms with Crippen molar-refractivity contribution in [1.29, 1.82) is 0 Å². The normalized spacial score (nSPS) is 11.1. The molecule has 0 aliphatic carbocycles. The Bertz CT molecular complexity index is 733. The lowest BCUT2D eigenvalue weighted by Gasteiger charge is -2.21. The monoisotopic (exact) mass is 352 g/mol. The van der Waals surface area contributed by atoms with E-state index in [2.05, 4.69) is 10.6 Å². The van der Waals surface area contributed by atoms with Gasteiger partial charge >= 0.3 is 12.0 Å². The van der Waals surface area contributed by atoms with E-state index in [-0.39, 0.29) is 10.6 Å². The van der Waals surface area contributed by atoms with E-state index in [1.807, 2.05) is 20.8 Å². The molecule has 0 aliphatic rings. The third kappa shape index (κ3) is 4.46. The van der Waals surface area contributed by atoms with E-state index in [4.69, 9.17) is 11.6 Å². The number of hydrogen-bond acceptors (Lipinski definition) is 3. The summed E-state index contributed by atoms with van der Waals surface area (Å²) in [7, 11) is 0. The van der Waals surface area contributed by atoms with Gasteiger partial charge in [0.2, 0.25) is 0 Å². The lowest BCUT2D eigenvalue weighted by molar-refractivity contribution is 0.0703. The van der Waals surface area contributed by atoms with Crippen molar-refractivity contribution < 1.29 is 14.7 Å². The van der Waals surface area contributed by atoms with Crippen LogP contribution in [0.4, 0.5) is 10.5 Å². The Kier molecular flexibility index (Phi) is 4.97. The fourth-order valence-electron chi connectivity index (χ4n) is 1.97. The Morgan fingerprint density at radius 1 is 1.17 bits per heavy atom. The highest BCUT2D eigenvalue weighted by Crippen LogP contribution is 2.37. The Labute approximate surface area is 143 Å². The fraction of sp³-hybridized carbons (Fsp3) is 0.250. The molecule has 0 bridgehead atoms. The van der Waals surface area contributed by atoms with Crippen LogP contribution in [0.3, 0.4) is 0 Å². The first kappa shape index (κ1) is 17.3. The molecule has 5 nitrogen and oxygen atoms in total. The van der Waals surface area contributed by atoms with Gasteiger partial charge in [0.05, 0.1) is 5.69 Å². The van der Waals surface area contributed by atoms with E-state index in [1.54, 1.807) is 29.6 Å². The molecule has 0 unspecified atom stereocenters. The first-order valence-electron chi connectivity index (χ1n) is 6.87. The van der Waals surface area contributed by atoms with Crippen molar-refractivity contribution in [2.24, 2.45) is 0 Å². The van der Waals surface area contributed by atoms with Crippen molar-refractivity contribution in [3.05, 3.63) is 39.5 Å². The molecule has 0 spiro atoms. The predicted molar refractivity (Wildman–Crippen MR) is 93.6 cm³/mol. The lowest BCUT2D eigenvalue weighted by Crippen LogP contribution is -2.43. The molecule has 1 heterocycles. The van der Waals surface area contributed by atoms with Crippen molar-refractivity contribution in [3.8, 4) is 11.1 Å². The number of nitrogens with one attached hydrogen (secondary N) is 2. The van der Waals surface area contributed by atoms with Gasteiger partial charge in [-0.3, -0.25) is 0 Å². The molecule has 2 amide bonds. The standard InChI is InChI=1S/C16H17ClN2O3S/c1-16(2,3)19-15(22)18-12-11(8-23-13(12)14(20)21)9-4-6-10(17)7-5-9/h4-8H,1-3H3,(H,20,21)(H2,18,19,22). The van der Waals surface area contributed by atoms with Crippen molar-refractivity contribution in [3.63, 3.8) is 0 Å². The second-order valence-electron chi connectivity index (χ2n) is 5.99. The smallest absolute Gasteiger partial charge is 0.348 e. The number of benzene rings is 1. The Balaban J connectivity index is 2.39. The number of urea groups is 1. The highest BCUT2D eigenvalue weighted by atomic mass is 35.5. The van der Waals surface area contributed by atoms with Crippen molar-refractivity contribution in [1.82, 2.24) is 5.32 Å². The van der Waals surface area contributed by atoms with Gasteiger partial charge < -0.3 is 15.7 Å². The molecule has 0 aliphatic heterocycles. The second-order valence-corrected chi connectivity index (χ2v) is 7.31. The number of carboxylic acids is 1. The first-order valence-corrected chi connectivity index (χ1v) is 8.13. The molecule has 23 heavy (non-hydrogen) atoms. The largest absolute Gasteiger partial charge is 0.477 e. The third-order valence-electron chi connectivity index (χ3n) is 2.87. The molecule has 1 aromatic heterocycles. The summed E-state index contributed by atoms with van der Waals surface area (Å²) >= 11 is 6.95. The van der Waals surface area contributed by atoms with Gasteiger partial charge in [-0.25, -0.2) is 9.59 Å². The molecule has 1 aromatic carbocycles. The molecule has 0 fully saturated rings. The summed E-state index contributed by atoms with van der Waals surface area (Å²) in [4.78, 5) is 23.6. The maximum atomic E-state index is 12.1. The number of carboxylic acid groups (broad SMARTS) is 1. The second kappa shape index (κ2) is 6.60. The van der Waals surface area contributed by atoms with Gasteiger partial charge in [0, 0.05) is 21.5 Å². The quantitative estimate of drug-likeness (QED) is 0.750. The van der Waals surface area contributed by atoms with Crippen LogP contribution in [-0.4, -0.2) is 22.6 Å². The molecular weight excluding hydrogens is 336 g/mol. The Morgan fingerprint density at radius 3 is 2.30 bits per heavy atom. The number of rotatable bonds is 3. The van der Waals surface area contributed by atoms with E-state index in [1.165, 1.54) is 0 Å². The molecule has 0 atom stereocenters. The predicted octanol–water partition coefficient (Wildman–Crippen LogP) is 4.69. The first-order chi connectivity index (χ1) is 10.7. The van der Waals surface area contributed by atoms with E-state index < -0.39 is 17.5 Å². The van der Waals surface area contributed by atoms with E-state index in [9.17, 15) is 14.7 Å². The van der Waals surface area contributed by atoms with Gasteiger partial charge in [0.25, 0.3) is 0 Å². The van der Waals surface area contributed by atoms with Crippen LogP contribution in [0.2, 0.25) is 5.02 Å². The number of carbonyl (C=O) groups excluding carboxylic acids is 1. The van der Waals surface area contributed by atoms with Crippen LogP contribution in [0.25, 0.3) is 11.1 Å². The minimum Gasteiger partial charge on any atom is -0.477 e. The molecule has 3 N–H and O–H groups in total. The maximum absolute atomic E-state index is 12.1. The van der Waals surface area contributed by atoms with E-state index >= 15 is 0 Å². The van der Waals surface area contributed by atoms with Crippen molar-refractivity contribution >= 4 is 40.6 Å². The van der Waals surface area contributed by atoms with Gasteiger partial charge in [0.15, 0.2) is 0 Å². The highest BCUT2D eigenvalue weighted by molar-refractivity contribution is 7.13. The minimum absolute atomic E-state index is 0.0824. The van der Waals surface area contributed by atoms with Gasteiger partial charge in [-0.1, -0.05) is 23.7 Å². The zero-order chi connectivity index (χ0) is 17.2. The molecular formula is C16H17ClN2O3S. The number of anilines is 1. The summed E-state index contributed by atoms with van der Waals surface area (Å²) in [5.74, 6) is -1.08. The summed E-state index contributed by atoms with van der Waals surface area (Å²) < 4.78 is 0.